The van der Waals surface area contributed by atoms with Gasteiger partial charge in [0.1, 0.15) is 12.3 Å². The fourth-order valence-corrected chi connectivity index (χ4v) is 1.64. The van der Waals surface area contributed by atoms with Gasteiger partial charge in [-0.25, -0.2) is 9.78 Å². The van der Waals surface area contributed by atoms with Crippen molar-refractivity contribution in [3.05, 3.63) is 38.2 Å². The molecule has 0 amide bonds. The molecule has 18 heavy (non-hydrogen) atoms. The molecule has 0 aliphatic carbocycles. The third kappa shape index (κ3) is 2.15. The predicted octanol–water partition coefficient (Wildman–Crippen LogP) is -0.0171. The molecular weight excluding hydrogens is 238 g/mol. The van der Waals surface area contributed by atoms with E-state index in [1.807, 2.05) is 0 Å². The number of ether oxygens (including phenoxy) is 1. The molecule has 94 valence electrons. The molecule has 0 saturated carbocycles. The number of aryl methyl sites for hydroxylation is 1. The molecule has 2 N–H and O–H groups in total. The maximum absolute atomic E-state index is 11.7. The van der Waals surface area contributed by atoms with Gasteiger partial charge in [0.15, 0.2) is 0 Å². The Morgan fingerprint density at radius 3 is 2.78 bits per heavy atom. The Bertz CT molecular complexity index is 729. The molecule has 2 aromatic heterocycles. The van der Waals surface area contributed by atoms with Gasteiger partial charge in [-0.15, -0.1) is 0 Å². The van der Waals surface area contributed by atoms with E-state index in [9.17, 15) is 14.4 Å². The standard InChI is InChI=1S/C11H11N3O4/c1-5-7(4-18-6(2)15)3-12-9-8(5)10(16)14-11(17)13-9/h3H,4H2,1-2H3,(H2,12,13,14,16,17). The highest BCUT2D eigenvalue weighted by Crippen LogP contribution is 2.14. The van der Waals surface area contributed by atoms with Crippen molar-refractivity contribution < 1.29 is 9.53 Å². The lowest BCUT2D eigenvalue weighted by Gasteiger charge is -2.07. The largest absolute Gasteiger partial charge is 0.461 e. The predicted molar refractivity (Wildman–Crippen MR) is 63.2 cm³/mol. The van der Waals surface area contributed by atoms with Crippen LogP contribution in [0.5, 0.6) is 0 Å². The number of carbonyl (C=O) groups excluding carboxylic acids is 1. The summed E-state index contributed by atoms with van der Waals surface area (Å²) in [6.45, 7) is 3.05. The minimum atomic E-state index is -0.605. The maximum Gasteiger partial charge on any atom is 0.327 e. The summed E-state index contributed by atoms with van der Waals surface area (Å²) in [6.07, 6.45) is 1.47. The molecule has 7 heteroatoms. The Balaban J connectivity index is 2.60. The van der Waals surface area contributed by atoms with E-state index in [0.717, 1.165) is 0 Å². The molecule has 0 saturated heterocycles. The van der Waals surface area contributed by atoms with Crippen LogP contribution in [0.2, 0.25) is 0 Å². The van der Waals surface area contributed by atoms with Crippen molar-refractivity contribution in [1.82, 2.24) is 15.0 Å². The minimum absolute atomic E-state index is 0.0443. The van der Waals surface area contributed by atoms with Gasteiger partial charge in [-0.1, -0.05) is 0 Å². The van der Waals surface area contributed by atoms with Crippen LogP contribution < -0.4 is 11.2 Å². The number of aromatic nitrogens is 3. The van der Waals surface area contributed by atoms with Crippen molar-refractivity contribution in [3.63, 3.8) is 0 Å². The Kier molecular flexibility index (Phi) is 2.97. The molecule has 0 atom stereocenters. The SMILES string of the molecule is CC(=O)OCc1cnc2[nH]c(=O)[nH]c(=O)c2c1C. The lowest BCUT2D eigenvalue weighted by molar-refractivity contribution is -0.142. The topological polar surface area (TPSA) is 105 Å². The average Bonchev–Trinajstić information content (AvgIpc) is 2.26. The number of nitrogens with one attached hydrogen (secondary N) is 2. The molecule has 0 spiro atoms. The van der Waals surface area contributed by atoms with Gasteiger partial charge < -0.3 is 4.74 Å². The molecular formula is C11H11N3O4. The number of nitrogens with zero attached hydrogens (tertiary/aromatic N) is 1. The second-order valence-corrected chi connectivity index (χ2v) is 3.82. The van der Waals surface area contributed by atoms with Crippen molar-refractivity contribution >= 4 is 17.0 Å². The quantitative estimate of drug-likeness (QED) is 0.728. The van der Waals surface area contributed by atoms with Crippen LogP contribution in [0.15, 0.2) is 15.8 Å². The normalized spacial score (nSPS) is 10.6. The number of esters is 1. The van der Waals surface area contributed by atoms with Crippen LogP contribution >= 0.6 is 0 Å². The summed E-state index contributed by atoms with van der Waals surface area (Å²) in [7, 11) is 0. The molecule has 7 nitrogen and oxygen atoms in total. The Morgan fingerprint density at radius 2 is 2.11 bits per heavy atom. The van der Waals surface area contributed by atoms with Crippen molar-refractivity contribution in [3.8, 4) is 0 Å². The summed E-state index contributed by atoms with van der Waals surface area (Å²) in [5, 5.41) is 0.291. The summed E-state index contributed by atoms with van der Waals surface area (Å²) < 4.78 is 4.86. The van der Waals surface area contributed by atoms with Crippen LogP contribution in [0.1, 0.15) is 18.1 Å². The zero-order valence-corrected chi connectivity index (χ0v) is 9.86. The second-order valence-electron chi connectivity index (χ2n) is 3.82. The van der Waals surface area contributed by atoms with Gasteiger partial charge in [0.05, 0.1) is 5.39 Å². The van der Waals surface area contributed by atoms with Crippen LogP contribution in [-0.2, 0) is 16.1 Å². The summed E-state index contributed by atoms with van der Waals surface area (Å²) in [5.41, 5.74) is 0.345. The Labute approximate surface area is 101 Å². The smallest absolute Gasteiger partial charge is 0.327 e. The monoisotopic (exact) mass is 249 g/mol. The van der Waals surface area contributed by atoms with E-state index in [2.05, 4.69) is 15.0 Å². The first-order chi connectivity index (χ1) is 8.49. The first-order valence-corrected chi connectivity index (χ1v) is 5.23. The first kappa shape index (κ1) is 12.0. The lowest BCUT2D eigenvalue weighted by Crippen LogP contribution is -2.23. The van der Waals surface area contributed by atoms with Crippen LogP contribution in [0.3, 0.4) is 0 Å². The Hall–Kier alpha value is -2.44. The molecule has 0 aliphatic heterocycles. The second kappa shape index (κ2) is 4.44. The number of carbonyl (C=O) groups is 1. The van der Waals surface area contributed by atoms with Gasteiger partial charge in [0, 0.05) is 18.7 Å². The van der Waals surface area contributed by atoms with E-state index < -0.39 is 17.2 Å². The van der Waals surface area contributed by atoms with Crippen molar-refractivity contribution in [2.45, 2.75) is 20.5 Å². The number of pyridine rings is 1. The van der Waals surface area contributed by atoms with E-state index in [1.54, 1.807) is 6.92 Å². The number of H-pyrrole nitrogens is 2. The van der Waals surface area contributed by atoms with Crippen molar-refractivity contribution in [2.24, 2.45) is 0 Å². The maximum atomic E-state index is 11.7. The zero-order valence-electron chi connectivity index (χ0n) is 9.86. The molecule has 0 fully saturated rings. The summed E-state index contributed by atoms with van der Waals surface area (Å²) in [4.78, 5) is 42.1. The molecule has 2 aromatic rings. The highest BCUT2D eigenvalue weighted by atomic mass is 16.5. The Morgan fingerprint density at radius 1 is 1.39 bits per heavy atom. The van der Waals surface area contributed by atoms with Gasteiger partial charge in [-0.05, 0) is 12.5 Å². The fourth-order valence-electron chi connectivity index (χ4n) is 1.64. The van der Waals surface area contributed by atoms with Crippen molar-refractivity contribution in [2.75, 3.05) is 0 Å². The number of rotatable bonds is 2. The fraction of sp³-hybridized carbons (Fsp3) is 0.273. The zero-order chi connectivity index (χ0) is 13.3. The van der Waals surface area contributed by atoms with Crippen molar-refractivity contribution in [1.29, 1.82) is 0 Å². The molecule has 0 radical (unpaired) electrons. The van der Waals surface area contributed by atoms with Crippen LogP contribution in [0.4, 0.5) is 0 Å². The molecule has 0 aromatic carbocycles. The third-order valence-electron chi connectivity index (χ3n) is 2.56. The average molecular weight is 249 g/mol. The van der Waals surface area contributed by atoms with E-state index >= 15 is 0 Å². The summed E-state index contributed by atoms with van der Waals surface area (Å²) >= 11 is 0. The van der Waals surface area contributed by atoms with E-state index in [-0.39, 0.29) is 12.3 Å². The summed E-state index contributed by atoms with van der Waals surface area (Å²) in [6, 6.07) is 0. The van der Waals surface area contributed by atoms with E-state index in [4.69, 9.17) is 4.74 Å². The van der Waals surface area contributed by atoms with Gasteiger partial charge in [-0.3, -0.25) is 19.6 Å². The van der Waals surface area contributed by atoms with Gasteiger partial charge in [0.25, 0.3) is 5.56 Å². The number of fused-ring (bicyclic) bond motifs is 1. The van der Waals surface area contributed by atoms with E-state index in [0.29, 0.717) is 16.5 Å². The lowest BCUT2D eigenvalue weighted by atomic mass is 10.1. The van der Waals surface area contributed by atoms with Gasteiger partial charge >= 0.3 is 11.7 Å². The van der Waals surface area contributed by atoms with Crippen LogP contribution in [0, 0.1) is 6.92 Å². The third-order valence-corrected chi connectivity index (χ3v) is 2.56. The van der Waals surface area contributed by atoms with Gasteiger partial charge in [0.2, 0.25) is 0 Å². The molecule has 2 rings (SSSR count). The van der Waals surface area contributed by atoms with Gasteiger partial charge in [-0.2, -0.15) is 0 Å². The molecule has 0 unspecified atom stereocenters. The minimum Gasteiger partial charge on any atom is -0.461 e. The highest BCUT2D eigenvalue weighted by molar-refractivity contribution is 5.78. The number of hydrogen-bond donors (Lipinski definition) is 2. The first-order valence-electron chi connectivity index (χ1n) is 5.23. The molecule has 0 aliphatic rings. The van der Waals surface area contributed by atoms with Crippen LogP contribution in [0.25, 0.3) is 11.0 Å². The molecule has 0 bridgehead atoms. The number of hydrogen-bond acceptors (Lipinski definition) is 5. The summed E-state index contributed by atoms with van der Waals surface area (Å²) in [5.74, 6) is -0.412. The van der Waals surface area contributed by atoms with Crippen LogP contribution in [-0.4, -0.2) is 20.9 Å². The number of aromatic amines is 2. The van der Waals surface area contributed by atoms with E-state index in [1.165, 1.54) is 13.1 Å². The highest BCUT2D eigenvalue weighted by Gasteiger charge is 2.10. The molecule has 2 heterocycles.